The van der Waals surface area contributed by atoms with Gasteiger partial charge in [-0.1, -0.05) is 54.6 Å². The van der Waals surface area contributed by atoms with Gasteiger partial charge in [-0.25, -0.2) is 15.0 Å². The lowest BCUT2D eigenvalue weighted by atomic mass is 9.93. The number of rotatable bonds is 27. The number of anilines is 7. The van der Waals surface area contributed by atoms with Crippen LogP contribution in [0.1, 0.15) is 87.8 Å². The predicted octanol–water partition coefficient (Wildman–Crippen LogP) is 11.3. The number of quaternary nitrogens is 1. The van der Waals surface area contributed by atoms with Gasteiger partial charge >= 0.3 is 0 Å². The lowest BCUT2D eigenvalue weighted by Crippen LogP contribution is -2.51. The van der Waals surface area contributed by atoms with E-state index in [1.165, 1.54) is 18.2 Å². The van der Waals surface area contributed by atoms with Crippen molar-refractivity contribution in [1.82, 2.24) is 41.2 Å². The molecule has 0 fully saturated rings. The summed E-state index contributed by atoms with van der Waals surface area (Å²) < 4.78 is -0.136. The Bertz CT molecular complexity index is 4870. The number of carbonyl (C=O) groups is 6. The minimum atomic E-state index is -0.548. The van der Waals surface area contributed by atoms with Crippen molar-refractivity contribution < 1.29 is 28.8 Å². The van der Waals surface area contributed by atoms with Crippen molar-refractivity contribution in [3.63, 3.8) is 0 Å². The molecule has 558 valence electrons. The van der Waals surface area contributed by atoms with E-state index < -0.39 is 23.8 Å². The molecule has 3 heterocycles. The highest BCUT2D eigenvalue weighted by Crippen LogP contribution is 2.52. The van der Waals surface area contributed by atoms with Crippen LogP contribution in [0.3, 0.4) is 0 Å². The van der Waals surface area contributed by atoms with Gasteiger partial charge < -0.3 is 74.9 Å². The molecule has 0 aromatic heterocycles. The van der Waals surface area contributed by atoms with Crippen molar-refractivity contribution in [2.45, 2.75) is 78.9 Å². The van der Waals surface area contributed by atoms with Gasteiger partial charge in [0.05, 0.1) is 65.9 Å². The molecule has 3 aliphatic heterocycles. The summed E-state index contributed by atoms with van der Waals surface area (Å²) in [4.78, 5) is 101. The molecule has 0 saturated heterocycles. The molecular formula is C84H90ClN18O6+. The van der Waals surface area contributed by atoms with E-state index in [-0.39, 0.29) is 109 Å². The highest BCUT2D eigenvalue weighted by molar-refractivity contribution is 6.30. The minimum Gasteiger partial charge on any atom is -0.399 e. The number of nitrogens with one attached hydrogen (secondary N) is 9. The van der Waals surface area contributed by atoms with Crippen molar-refractivity contribution in [3.05, 3.63) is 249 Å². The van der Waals surface area contributed by atoms with Crippen LogP contribution in [0.4, 0.5) is 68.2 Å². The fourth-order valence-corrected chi connectivity index (χ4v) is 14.5. The maximum Gasteiger partial charge on any atom is 0.251 e. The van der Waals surface area contributed by atoms with Crippen LogP contribution in [0.25, 0.3) is 0 Å². The average molecular weight is 1480 g/mol. The zero-order valence-electron chi connectivity index (χ0n) is 61.8. The number of amides is 6. The first-order valence-corrected chi connectivity index (χ1v) is 36.9. The van der Waals surface area contributed by atoms with Crippen LogP contribution in [-0.2, 0) is 14.4 Å². The van der Waals surface area contributed by atoms with Crippen LogP contribution in [-0.4, -0.2) is 130 Å². The number of nitrogens with zero attached hydrogens (tertiary/aromatic N) is 6. The molecule has 24 nitrogen and oxygen atoms in total. The first-order valence-electron chi connectivity index (χ1n) is 36.6. The highest BCUT2D eigenvalue weighted by atomic mass is 35.5. The standard InChI is InChI=1S/C84H89ClN18O6/c1-49-31-67-73(40-61(49)86)101(58-19-10-7-11-20-58)75-43-64(52(4)34-69(75)98-67)95-46-79(104)89-25-16-28-92-82(107)55-37-56(83(108)93-29-17-26-90-80(105)47-96-65-44-76-70(35-53(65)5)99-68-32-50(2)62(87)41-74(68)102(76)59-21-12-8-13-22-59)39-57(38-55)84(109)94-30-18-27-91-81(106)48-97-66-45-78-72(36-54(66)6)100-71-33-51(3)63(88)42-77(71)103(78,85)60-23-14-9-15-24-60/h7-15,19-24,31-45,73-74,78,95-97H,16-18,25-30,46-48,86-88H2,1-6H3,(H5-,89,90,91,92,93,94,104,105,106,107,108,109)/p+1. The minimum absolute atomic E-state index is 0.0212. The number of hydrogen-bond acceptors (Lipinski definition) is 17. The molecule has 3 aliphatic carbocycles. The van der Waals surface area contributed by atoms with E-state index in [1.807, 2.05) is 205 Å². The smallest absolute Gasteiger partial charge is 0.251 e. The number of fused-ring (bicyclic) bond motifs is 6. The quantitative estimate of drug-likeness (QED) is 0.0129. The van der Waals surface area contributed by atoms with Crippen LogP contribution in [0.15, 0.2) is 231 Å². The van der Waals surface area contributed by atoms with Gasteiger partial charge in [0, 0.05) is 126 Å². The van der Waals surface area contributed by atoms with Gasteiger partial charge in [-0.2, -0.15) is 0 Å². The molecule has 0 saturated carbocycles. The lowest BCUT2D eigenvalue weighted by Gasteiger charge is -2.40. The van der Waals surface area contributed by atoms with Crippen LogP contribution in [0.2, 0.25) is 0 Å². The normalized spacial score (nSPS) is 17.8. The molecule has 0 bridgehead atoms. The number of benzene rings is 7. The Kier molecular flexibility index (Phi) is 22.4. The Labute approximate surface area is 638 Å². The molecule has 15 N–H and O–H groups in total. The monoisotopic (exact) mass is 1480 g/mol. The number of para-hydroxylation sites is 3. The third-order valence-electron chi connectivity index (χ3n) is 20.0. The largest absolute Gasteiger partial charge is 0.399 e. The molecule has 0 spiro atoms. The molecule has 13 rings (SSSR count). The molecular weight excluding hydrogens is 1390 g/mol. The van der Waals surface area contributed by atoms with Crippen molar-refractivity contribution in [1.29, 1.82) is 0 Å². The molecule has 4 unspecified atom stereocenters. The van der Waals surface area contributed by atoms with Crippen molar-refractivity contribution in [2.24, 2.45) is 26.4 Å². The second kappa shape index (κ2) is 32.7. The number of halogens is 1. The van der Waals surface area contributed by atoms with E-state index in [4.69, 9.17) is 44.0 Å². The van der Waals surface area contributed by atoms with Gasteiger partial charge in [-0.3, -0.25) is 28.8 Å². The summed E-state index contributed by atoms with van der Waals surface area (Å²) in [7, 11) is 0. The SMILES string of the molecule is CC1=CC2=Nc3cc(C)c(NCC(=O)NCCCNC(=O)c4cc(C(=O)NCCCNC(=O)CNC5=CC6C(=Nc7cc(C)c(N)cc7[N+]6(Cl)c6ccccc6)C=C5C)cc(C(=O)NCCCNC(=O)CNc5cc6c(cc5C)N=C5C=C(C)C(N)=CC5N6c5ccccc5)c4)cc3N(c3ccccc3)C2C=C1N. The predicted molar refractivity (Wildman–Crippen MR) is 437 cm³/mol. The molecule has 4 atom stereocenters. The van der Waals surface area contributed by atoms with E-state index in [0.29, 0.717) is 36.3 Å². The van der Waals surface area contributed by atoms with E-state index in [1.54, 1.807) is 0 Å². The molecule has 6 amide bonds. The Balaban J connectivity index is 0.609. The molecule has 6 aliphatic rings. The van der Waals surface area contributed by atoms with E-state index in [0.717, 1.165) is 119 Å². The van der Waals surface area contributed by atoms with E-state index in [2.05, 4.69) is 57.7 Å². The molecule has 109 heavy (non-hydrogen) atoms. The van der Waals surface area contributed by atoms with Crippen LogP contribution < -0.4 is 78.9 Å². The Morgan fingerprint density at radius 2 is 0.817 bits per heavy atom. The summed E-state index contributed by atoms with van der Waals surface area (Å²) >= 11 is 7.72. The summed E-state index contributed by atoms with van der Waals surface area (Å²) in [6.07, 6.45) is 13.1. The van der Waals surface area contributed by atoms with Gasteiger partial charge in [-0.05, 0) is 197 Å². The number of carbonyl (C=O) groups excluding carboxylic acids is 6. The number of nitrogen functional groups attached to an aromatic ring is 1. The fourth-order valence-electron chi connectivity index (χ4n) is 14.0. The third-order valence-corrected chi connectivity index (χ3v) is 20.6. The number of allylic oxidation sites excluding steroid dienone is 3. The summed E-state index contributed by atoms with van der Waals surface area (Å²) in [5.74, 6) is -2.44. The second-order valence-electron chi connectivity index (χ2n) is 27.9. The second-order valence-corrected chi connectivity index (χ2v) is 28.4. The molecule has 7 aromatic carbocycles. The lowest BCUT2D eigenvalue weighted by molar-refractivity contribution is -0.120. The molecule has 0 radical (unpaired) electrons. The van der Waals surface area contributed by atoms with Gasteiger partial charge in [0.15, 0.2) is 29.2 Å². The van der Waals surface area contributed by atoms with Crippen LogP contribution >= 0.6 is 11.8 Å². The average Bonchev–Trinajstić information content (AvgIpc) is 0.736. The first kappa shape index (κ1) is 74.7. The maximum absolute atomic E-state index is 14.0. The summed E-state index contributed by atoms with van der Waals surface area (Å²) in [5, 5.41) is 27.3. The third kappa shape index (κ3) is 16.5. The van der Waals surface area contributed by atoms with Crippen molar-refractivity contribution in [2.75, 3.05) is 85.1 Å². The maximum atomic E-state index is 14.0. The van der Waals surface area contributed by atoms with Gasteiger partial charge in [-0.15, -0.1) is 4.00 Å². The number of nitrogens with two attached hydrogens (primary N) is 3. The van der Waals surface area contributed by atoms with Gasteiger partial charge in [0.2, 0.25) is 17.7 Å². The van der Waals surface area contributed by atoms with Crippen LogP contribution in [0, 0.1) is 20.8 Å². The summed E-state index contributed by atoms with van der Waals surface area (Å²) in [6, 6.07) is 45.0. The number of aryl methyl sites for hydroxylation is 3. The van der Waals surface area contributed by atoms with Crippen molar-refractivity contribution >= 4 is 133 Å². The van der Waals surface area contributed by atoms with Crippen LogP contribution in [0.5, 0.6) is 0 Å². The Hall–Kier alpha value is -12.5. The first-order chi connectivity index (χ1) is 52.6. The number of aliphatic imine (C=N–C) groups is 3. The van der Waals surface area contributed by atoms with Gasteiger partial charge in [0.25, 0.3) is 17.7 Å². The van der Waals surface area contributed by atoms with Crippen molar-refractivity contribution in [3.8, 4) is 0 Å². The topological polar surface area (TPSA) is 332 Å². The Morgan fingerprint density at radius 3 is 1.26 bits per heavy atom. The molecule has 7 aromatic rings. The zero-order valence-corrected chi connectivity index (χ0v) is 62.5. The molecule has 25 heteroatoms. The number of hydrogen-bond donors (Lipinski definition) is 12. The Morgan fingerprint density at radius 1 is 0.431 bits per heavy atom. The van der Waals surface area contributed by atoms with Gasteiger partial charge in [0.1, 0.15) is 11.4 Å². The van der Waals surface area contributed by atoms with E-state index >= 15 is 0 Å². The zero-order chi connectivity index (χ0) is 76.6. The van der Waals surface area contributed by atoms with E-state index in [9.17, 15) is 28.8 Å². The summed E-state index contributed by atoms with van der Waals surface area (Å²) in [6.45, 7) is 12.8. The summed E-state index contributed by atoms with van der Waals surface area (Å²) in [5.41, 5.74) is 39.3. The fraction of sp³-hybridized carbons (Fsp3) is 0.250. The highest BCUT2D eigenvalue weighted by Gasteiger charge is 2.49.